The first-order valence-corrected chi connectivity index (χ1v) is 7.70. The third-order valence-electron chi connectivity index (χ3n) is 5.94. The summed E-state index contributed by atoms with van der Waals surface area (Å²) in [7, 11) is 0. The highest BCUT2D eigenvalue weighted by atomic mass is 16.2. The van der Waals surface area contributed by atoms with Crippen molar-refractivity contribution in [3.05, 3.63) is 0 Å². The predicted molar refractivity (Wildman–Crippen MR) is 70.0 cm³/mol. The molecule has 104 valence electrons. The van der Waals surface area contributed by atoms with Gasteiger partial charge in [-0.1, -0.05) is 0 Å². The molecule has 1 aliphatic heterocycles. The molecule has 4 saturated carbocycles. The van der Waals surface area contributed by atoms with Crippen LogP contribution in [0.25, 0.3) is 0 Å². The summed E-state index contributed by atoms with van der Waals surface area (Å²) < 4.78 is 0. The lowest BCUT2D eigenvalue weighted by atomic mass is 9.52. The number of hydrogen-bond acceptors (Lipinski definition) is 3. The summed E-state index contributed by atoms with van der Waals surface area (Å²) in [4.78, 5) is 26.4. The van der Waals surface area contributed by atoms with Gasteiger partial charge in [-0.25, -0.2) is 0 Å². The van der Waals surface area contributed by atoms with Crippen LogP contribution in [-0.2, 0) is 9.59 Å². The van der Waals surface area contributed by atoms with Gasteiger partial charge in [-0.15, -0.1) is 0 Å². The second-order valence-corrected chi connectivity index (χ2v) is 7.35. The van der Waals surface area contributed by atoms with E-state index in [1.165, 1.54) is 19.3 Å². The van der Waals surface area contributed by atoms with Gasteiger partial charge >= 0.3 is 0 Å². The molecule has 0 aromatic carbocycles. The van der Waals surface area contributed by atoms with E-state index in [-0.39, 0.29) is 17.4 Å². The molecule has 1 saturated heterocycles. The number of amides is 2. The quantitative estimate of drug-likeness (QED) is 0.727. The Kier molecular flexibility index (Phi) is 2.39. The van der Waals surface area contributed by atoms with Crippen molar-refractivity contribution in [2.75, 3.05) is 0 Å². The fourth-order valence-electron chi connectivity index (χ4n) is 5.64. The molecule has 2 amide bonds. The highest BCUT2D eigenvalue weighted by Crippen LogP contribution is 2.58. The lowest BCUT2D eigenvalue weighted by Gasteiger charge is -2.60. The Hall–Kier alpha value is -0.900. The highest BCUT2D eigenvalue weighted by molar-refractivity contribution is 6.01. The number of nitrogens with two attached hydrogens (primary N) is 1. The van der Waals surface area contributed by atoms with Gasteiger partial charge in [0.05, 0.1) is 11.6 Å². The van der Waals surface area contributed by atoms with E-state index in [4.69, 9.17) is 5.73 Å². The van der Waals surface area contributed by atoms with Gasteiger partial charge in [0.15, 0.2) is 0 Å². The number of likely N-dealkylation sites (tertiary alicyclic amines) is 1. The van der Waals surface area contributed by atoms with Gasteiger partial charge < -0.3 is 5.73 Å². The molecule has 5 rings (SSSR count). The van der Waals surface area contributed by atoms with E-state index in [2.05, 4.69) is 0 Å². The number of piperidine rings is 1. The molecular formula is C15H22N2O2. The van der Waals surface area contributed by atoms with E-state index in [0.717, 1.165) is 37.0 Å². The Bertz CT molecular complexity index is 410. The maximum absolute atomic E-state index is 12.4. The van der Waals surface area contributed by atoms with Crippen molar-refractivity contribution in [1.82, 2.24) is 4.90 Å². The molecule has 0 aromatic heterocycles. The second kappa shape index (κ2) is 3.81. The molecule has 0 spiro atoms. The first-order chi connectivity index (χ1) is 9.07. The van der Waals surface area contributed by atoms with Crippen molar-refractivity contribution in [3.63, 3.8) is 0 Å². The largest absolute Gasteiger partial charge is 0.320 e. The summed E-state index contributed by atoms with van der Waals surface area (Å²) in [6.07, 6.45) is 8.08. The molecule has 4 aliphatic carbocycles. The summed E-state index contributed by atoms with van der Waals surface area (Å²) in [5.41, 5.74) is 5.75. The molecule has 5 aliphatic rings. The van der Waals surface area contributed by atoms with Crippen LogP contribution < -0.4 is 5.73 Å². The Balaban J connectivity index is 1.70. The minimum absolute atomic E-state index is 0.0358. The molecule has 4 bridgehead atoms. The Morgan fingerprint density at radius 3 is 2.05 bits per heavy atom. The summed E-state index contributed by atoms with van der Waals surface area (Å²) in [6, 6.07) is -0.453. The van der Waals surface area contributed by atoms with Crippen molar-refractivity contribution in [1.29, 1.82) is 0 Å². The van der Waals surface area contributed by atoms with Gasteiger partial charge in [0.1, 0.15) is 0 Å². The van der Waals surface area contributed by atoms with Crippen LogP contribution in [0.3, 0.4) is 0 Å². The Morgan fingerprint density at radius 1 is 1.00 bits per heavy atom. The number of carbonyl (C=O) groups excluding carboxylic acids is 2. The summed E-state index contributed by atoms with van der Waals surface area (Å²) in [6.45, 7) is 0. The third-order valence-corrected chi connectivity index (χ3v) is 5.94. The molecule has 1 heterocycles. The molecule has 0 radical (unpaired) electrons. The maximum atomic E-state index is 12.4. The molecule has 2 N–H and O–H groups in total. The Labute approximate surface area is 113 Å². The van der Waals surface area contributed by atoms with Crippen LogP contribution in [0.5, 0.6) is 0 Å². The first-order valence-electron chi connectivity index (χ1n) is 7.70. The standard InChI is InChI=1S/C15H22N2O2/c16-12-1-2-13(18)17(14(12)19)15-6-9-3-10(7-15)5-11(4-9)8-15/h9-12H,1-8,16H2. The average Bonchev–Trinajstić information content (AvgIpc) is 2.32. The van der Waals surface area contributed by atoms with Gasteiger partial charge in [-0.2, -0.15) is 0 Å². The Morgan fingerprint density at radius 2 is 1.53 bits per heavy atom. The van der Waals surface area contributed by atoms with Crippen molar-refractivity contribution in [2.24, 2.45) is 23.5 Å². The second-order valence-electron chi connectivity index (χ2n) is 7.35. The van der Waals surface area contributed by atoms with E-state index in [1.54, 1.807) is 4.90 Å². The van der Waals surface area contributed by atoms with Gasteiger partial charge in [0.25, 0.3) is 0 Å². The van der Waals surface area contributed by atoms with E-state index < -0.39 is 6.04 Å². The molecule has 4 heteroatoms. The van der Waals surface area contributed by atoms with E-state index in [9.17, 15) is 9.59 Å². The van der Waals surface area contributed by atoms with E-state index in [1.807, 2.05) is 0 Å². The molecule has 1 atom stereocenters. The minimum Gasteiger partial charge on any atom is -0.320 e. The normalized spacial score (nSPS) is 49.0. The zero-order chi connectivity index (χ0) is 13.2. The van der Waals surface area contributed by atoms with E-state index >= 15 is 0 Å². The van der Waals surface area contributed by atoms with Crippen molar-refractivity contribution < 1.29 is 9.59 Å². The predicted octanol–water partition coefficient (Wildman–Crippen LogP) is 1.43. The molecule has 1 unspecified atom stereocenters. The molecule has 0 aromatic rings. The smallest absolute Gasteiger partial charge is 0.246 e. The topological polar surface area (TPSA) is 63.4 Å². The number of rotatable bonds is 1. The van der Waals surface area contributed by atoms with Crippen molar-refractivity contribution >= 4 is 11.8 Å². The molecular weight excluding hydrogens is 240 g/mol. The maximum Gasteiger partial charge on any atom is 0.246 e. The summed E-state index contributed by atoms with van der Waals surface area (Å²) in [5, 5.41) is 0. The number of imide groups is 1. The zero-order valence-electron chi connectivity index (χ0n) is 11.3. The number of carbonyl (C=O) groups is 2. The lowest BCUT2D eigenvalue weighted by molar-refractivity contribution is -0.169. The number of nitrogens with zero attached hydrogens (tertiary/aromatic N) is 1. The zero-order valence-corrected chi connectivity index (χ0v) is 11.3. The average molecular weight is 262 g/mol. The van der Waals surface area contributed by atoms with Crippen LogP contribution in [0.15, 0.2) is 0 Å². The van der Waals surface area contributed by atoms with Crippen molar-refractivity contribution in [2.45, 2.75) is 62.9 Å². The first kappa shape index (κ1) is 11.9. The molecule has 4 nitrogen and oxygen atoms in total. The highest BCUT2D eigenvalue weighted by Gasteiger charge is 2.57. The summed E-state index contributed by atoms with van der Waals surface area (Å²) in [5.74, 6) is 2.16. The van der Waals surface area contributed by atoms with Crippen LogP contribution >= 0.6 is 0 Å². The van der Waals surface area contributed by atoms with Crippen LogP contribution in [0.1, 0.15) is 51.4 Å². The molecule has 19 heavy (non-hydrogen) atoms. The monoisotopic (exact) mass is 262 g/mol. The van der Waals surface area contributed by atoms with Gasteiger partial charge in [0, 0.05) is 6.42 Å². The van der Waals surface area contributed by atoms with Gasteiger partial charge in [-0.05, 0) is 62.7 Å². The van der Waals surface area contributed by atoms with Gasteiger partial charge in [0.2, 0.25) is 11.8 Å². The SMILES string of the molecule is NC1CCC(=O)N(C23CC4CC(CC(C4)C2)C3)C1=O. The number of hydrogen-bond donors (Lipinski definition) is 1. The van der Waals surface area contributed by atoms with Crippen LogP contribution in [-0.4, -0.2) is 28.3 Å². The lowest BCUT2D eigenvalue weighted by Crippen LogP contribution is -2.67. The van der Waals surface area contributed by atoms with Gasteiger partial charge in [-0.3, -0.25) is 14.5 Å². The summed E-state index contributed by atoms with van der Waals surface area (Å²) >= 11 is 0. The van der Waals surface area contributed by atoms with Crippen molar-refractivity contribution in [3.8, 4) is 0 Å². The minimum atomic E-state index is -0.453. The van der Waals surface area contributed by atoms with E-state index in [0.29, 0.717) is 12.8 Å². The fraction of sp³-hybridized carbons (Fsp3) is 0.867. The third kappa shape index (κ3) is 1.62. The van der Waals surface area contributed by atoms with Crippen LogP contribution in [0.4, 0.5) is 0 Å². The van der Waals surface area contributed by atoms with Crippen LogP contribution in [0, 0.1) is 17.8 Å². The molecule has 5 fully saturated rings. The fourth-order valence-corrected chi connectivity index (χ4v) is 5.64. The van der Waals surface area contributed by atoms with Crippen LogP contribution in [0.2, 0.25) is 0 Å².